The Bertz CT molecular complexity index is 643. The summed E-state index contributed by atoms with van der Waals surface area (Å²) in [5.74, 6) is -0.767. The third-order valence-electron chi connectivity index (χ3n) is 3.21. The summed E-state index contributed by atoms with van der Waals surface area (Å²) in [6.07, 6.45) is 0. The lowest BCUT2D eigenvalue weighted by molar-refractivity contribution is -0.139. The zero-order valence-corrected chi connectivity index (χ0v) is 11.2. The number of benzene rings is 1. The van der Waals surface area contributed by atoms with Crippen LogP contribution in [0, 0.1) is 13.8 Å². The lowest BCUT2D eigenvalue weighted by Crippen LogP contribution is -2.30. The third kappa shape index (κ3) is 2.45. The van der Waals surface area contributed by atoms with Gasteiger partial charge >= 0.3 is 5.97 Å². The molecule has 1 aromatic heterocycles. The monoisotopic (exact) mass is 260 g/mol. The molecule has 5 heteroatoms. The van der Waals surface area contributed by atoms with Crippen LogP contribution < -0.4 is 5.32 Å². The van der Waals surface area contributed by atoms with Crippen molar-refractivity contribution in [1.29, 1.82) is 0 Å². The highest BCUT2D eigenvalue weighted by Gasteiger charge is 2.14. The van der Waals surface area contributed by atoms with Crippen molar-refractivity contribution in [3.05, 3.63) is 35.0 Å². The number of aromatic nitrogens is 1. The number of amides is 1. The molecule has 0 radical (unpaired) electrons. The Morgan fingerprint density at radius 1 is 1.32 bits per heavy atom. The second-order valence-electron chi connectivity index (χ2n) is 4.36. The van der Waals surface area contributed by atoms with Crippen LogP contribution in [-0.2, 0) is 9.53 Å². The molecule has 2 N–H and O–H groups in total. The Hall–Kier alpha value is -2.30. The Kier molecular flexibility index (Phi) is 3.55. The molecule has 0 bridgehead atoms. The second-order valence-corrected chi connectivity index (χ2v) is 4.36. The quantitative estimate of drug-likeness (QED) is 0.825. The maximum Gasteiger partial charge on any atom is 0.325 e. The van der Waals surface area contributed by atoms with Crippen LogP contribution in [0.1, 0.15) is 21.6 Å². The van der Waals surface area contributed by atoms with Gasteiger partial charge in [0, 0.05) is 11.1 Å². The van der Waals surface area contributed by atoms with Crippen LogP contribution >= 0.6 is 0 Å². The Balaban J connectivity index is 2.32. The average molecular weight is 260 g/mol. The number of hydrogen-bond donors (Lipinski definition) is 2. The van der Waals surface area contributed by atoms with Gasteiger partial charge in [0.2, 0.25) is 0 Å². The number of hydrogen-bond acceptors (Lipinski definition) is 3. The molecular weight excluding hydrogens is 244 g/mol. The van der Waals surface area contributed by atoms with Gasteiger partial charge in [0.1, 0.15) is 6.54 Å². The molecule has 0 saturated heterocycles. The van der Waals surface area contributed by atoms with E-state index < -0.39 is 5.97 Å². The minimum absolute atomic E-state index is 0.135. The molecule has 1 amide bonds. The molecule has 2 aromatic rings. The molecule has 0 aliphatic heterocycles. The fraction of sp³-hybridized carbons (Fsp3) is 0.286. The maximum absolute atomic E-state index is 12.1. The molecule has 5 nitrogen and oxygen atoms in total. The van der Waals surface area contributed by atoms with Crippen molar-refractivity contribution in [3.8, 4) is 0 Å². The number of aryl methyl sites for hydroxylation is 2. The minimum atomic E-state index is -0.473. The molecule has 0 aliphatic carbocycles. The SMILES string of the molecule is COC(=O)CNC(=O)c1cccc2c(C)c(C)[nH]c12. The van der Waals surface area contributed by atoms with Crippen LogP contribution in [0.25, 0.3) is 10.9 Å². The van der Waals surface area contributed by atoms with E-state index in [4.69, 9.17) is 0 Å². The highest BCUT2D eigenvalue weighted by Crippen LogP contribution is 2.23. The summed E-state index contributed by atoms with van der Waals surface area (Å²) in [4.78, 5) is 26.3. The molecule has 0 saturated carbocycles. The van der Waals surface area contributed by atoms with Gasteiger partial charge in [-0.05, 0) is 25.5 Å². The van der Waals surface area contributed by atoms with Gasteiger partial charge in [0.25, 0.3) is 5.91 Å². The molecule has 0 unspecified atom stereocenters. The van der Waals surface area contributed by atoms with Gasteiger partial charge in [-0.15, -0.1) is 0 Å². The molecule has 1 heterocycles. The number of H-pyrrole nitrogens is 1. The Morgan fingerprint density at radius 2 is 2.05 bits per heavy atom. The lowest BCUT2D eigenvalue weighted by atomic mass is 10.1. The summed E-state index contributed by atoms with van der Waals surface area (Å²) >= 11 is 0. The number of fused-ring (bicyclic) bond motifs is 1. The number of methoxy groups -OCH3 is 1. The van der Waals surface area contributed by atoms with E-state index in [1.807, 2.05) is 26.0 Å². The largest absolute Gasteiger partial charge is 0.468 e. The first kappa shape index (κ1) is 13.1. The molecule has 0 spiro atoms. The van der Waals surface area contributed by atoms with Gasteiger partial charge in [-0.2, -0.15) is 0 Å². The number of aromatic amines is 1. The summed E-state index contributed by atoms with van der Waals surface area (Å²) < 4.78 is 4.49. The maximum atomic E-state index is 12.1. The summed E-state index contributed by atoms with van der Waals surface area (Å²) in [7, 11) is 1.28. The van der Waals surface area contributed by atoms with Crippen LogP contribution in [-0.4, -0.2) is 30.5 Å². The Morgan fingerprint density at radius 3 is 2.74 bits per heavy atom. The van der Waals surface area contributed by atoms with Gasteiger partial charge in [0.15, 0.2) is 0 Å². The van der Waals surface area contributed by atoms with Gasteiger partial charge in [0.05, 0.1) is 18.2 Å². The standard InChI is InChI=1S/C14H16N2O3/c1-8-9(2)16-13-10(8)5-4-6-11(13)14(18)15-7-12(17)19-3/h4-6,16H,7H2,1-3H3,(H,15,18). The summed E-state index contributed by atoms with van der Waals surface area (Å²) in [5.41, 5.74) is 3.47. The van der Waals surface area contributed by atoms with Crippen molar-refractivity contribution < 1.29 is 14.3 Å². The fourth-order valence-corrected chi connectivity index (χ4v) is 1.99. The van der Waals surface area contributed by atoms with E-state index in [2.05, 4.69) is 15.0 Å². The second kappa shape index (κ2) is 5.14. The van der Waals surface area contributed by atoms with Crippen LogP contribution in [0.2, 0.25) is 0 Å². The first-order valence-corrected chi connectivity index (χ1v) is 5.97. The van der Waals surface area contributed by atoms with Crippen molar-refractivity contribution in [1.82, 2.24) is 10.3 Å². The average Bonchev–Trinajstić information content (AvgIpc) is 2.71. The molecule has 1 aromatic carbocycles. The van der Waals surface area contributed by atoms with E-state index in [0.717, 1.165) is 22.2 Å². The molecular formula is C14H16N2O3. The molecule has 100 valence electrons. The summed E-state index contributed by atoms with van der Waals surface area (Å²) in [6, 6.07) is 5.52. The topological polar surface area (TPSA) is 71.2 Å². The number of nitrogens with one attached hydrogen (secondary N) is 2. The fourth-order valence-electron chi connectivity index (χ4n) is 1.99. The third-order valence-corrected chi connectivity index (χ3v) is 3.21. The predicted molar refractivity (Wildman–Crippen MR) is 72.1 cm³/mol. The number of ether oxygens (including phenoxy) is 1. The van der Waals surface area contributed by atoms with E-state index in [0.29, 0.717) is 5.56 Å². The summed E-state index contributed by atoms with van der Waals surface area (Å²) in [5, 5.41) is 3.55. The van der Waals surface area contributed by atoms with Crippen molar-refractivity contribution in [2.24, 2.45) is 0 Å². The van der Waals surface area contributed by atoms with Crippen LogP contribution in [0.15, 0.2) is 18.2 Å². The number of para-hydroxylation sites is 1. The first-order chi connectivity index (χ1) is 9.04. The van der Waals surface area contributed by atoms with E-state index in [1.165, 1.54) is 7.11 Å². The molecule has 0 aliphatic rings. The van der Waals surface area contributed by atoms with Gasteiger partial charge in [-0.25, -0.2) is 0 Å². The molecule has 2 rings (SSSR count). The van der Waals surface area contributed by atoms with Crippen LogP contribution in [0.5, 0.6) is 0 Å². The van der Waals surface area contributed by atoms with Gasteiger partial charge < -0.3 is 15.0 Å². The predicted octanol–water partition coefficient (Wildman–Crippen LogP) is 1.69. The zero-order chi connectivity index (χ0) is 14.0. The van der Waals surface area contributed by atoms with E-state index in [9.17, 15) is 9.59 Å². The van der Waals surface area contributed by atoms with E-state index in [1.54, 1.807) is 6.07 Å². The number of carbonyl (C=O) groups is 2. The Labute approximate surface area is 110 Å². The van der Waals surface area contributed by atoms with Crippen molar-refractivity contribution in [2.45, 2.75) is 13.8 Å². The normalized spacial score (nSPS) is 10.5. The van der Waals surface area contributed by atoms with Gasteiger partial charge in [-0.3, -0.25) is 9.59 Å². The van der Waals surface area contributed by atoms with Gasteiger partial charge in [-0.1, -0.05) is 12.1 Å². The van der Waals surface area contributed by atoms with E-state index in [-0.39, 0.29) is 12.5 Å². The van der Waals surface area contributed by atoms with Crippen molar-refractivity contribution in [2.75, 3.05) is 13.7 Å². The molecule has 0 fully saturated rings. The van der Waals surface area contributed by atoms with E-state index >= 15 is 0 Å². The smallest absolute Gasteiger partial charge is 0.325 e. The highest BCUT2D eigenvalue weighted by atomic mass is 16.5. The minimum Gasteiger partial charge on any atom is -0.468 e. The van der Waals surface area contributed by atoms with Crippen molar-refractivity contribution >= 4 is 22.8 Å². The zero-order valence-electron chi connectivity index (χ0n) is 11.2. The van der Waals surface area contributed by atoms with Crippen LogP contribution in [0.4, 0.5) is 0 Å². The first-order valence-electron chi connectivity index (χ1n) is 5.97. The molecule has 19 heavy (non-hydrogen) atoms. The van der Waals surface area contributed by atoms with Crippen molar-refractivity contribution in [3.63, 3.8) is 0 Å². The number of carbonyl (C=O) groups excluding carboxylic acids is 2. The summed E-state index contributed by atoms with van der Waals surface area (Å²) in [6.45, 7) is 3.83. The number of rotatable bonds is 3. The number of esters is 1. The van der Waals surface area contributed by atoms with Crippen LogP contribution in [0.3, 0.4) is 0 Å². The highest BCUT2D eigenvalue weighted by molar-refractivity contribution is 6.07. The lowest BCUT2D eigenvalue weighted by Gasteiger charge is -2.05. The molecule has 0 atom stereocenters.